The largest absolute Gasteiger partial charge is 0.353 e. The number of amides is 1. The number of hydrogen-bond acceptors (Lipinski definition) is 5. The second-order valence-corrected chi connectivity index (χ2v) is 9.12. The first-order valence-corrected chi connectivity index (χ1v) is 11.6. The second kappa shape index (κ2) is 8.19. The first kappa shape index (κ1) is 19.2. The lowest BCUT2D eigenvalue weighted by Gasteiger charge is -2.40. The number of carbonyl (C=O) groups is 1. The number of benzene rings is 1. The molecule has 30 heavy (non-hydrogen) atoms. The normalized spacial score (nSPS) is 18.5. The van der Waals surface area contributed by atoms with Gasteiger partial charge in [0.15, 0.2) is 0 Å². The Morgan fingerprint density at radius 1 is 0.933 bits per heavy atom. The molecule has 5 rings (SSSR count). The van der Waals surface area contributed by atoms with Gasteiger partial charge >= 0.3 is 0 Å². The van der Waals surface area contributed by atoms with Gasteiger partial charge in [-0.05, 0) is 24.3 Å². The fourth-order valence-corrected chi connectivity index (χ4v) is 5.80. The molecule has 1 aliphatic heterocycles. The summed E-state index contributed by atoms with van der Waals surface area (Å²) in [5.74, 6) is 1.26. The summed E-state index contributed by atoms with van der Waals surface area (Å²) < 4.78 is 0. The Morgan fingerprint density at radius 2 is 1.70 bits per heavy atom. The van der Waals surface area contributed by atoms with Crippen LogP contribution >= 0.6 is 11.3 Å². The van der Waals surface area contributed by atoms with Crippen molar-refractivity contribution in [2.45, 2.75) is 31.1 Å². The van der Waals surface area contributed by atoms with Crippen LogP contribution in [0.1, 0.15) is 30.6 Å². The molecule has 1 aliphatic carbocycles. The molecule has 3 aromatic rings. The molecule has 1 saturated carbocycles. The van der Waals surface area contributed by atoms with E-state index in [1.54, 1.807) is 17.7 Å². The minimum Gasteiger partial charge on any atom is -0.353 e. The molecule has 5 nitrogen and oxygen atoms in total. The number of piperazine rings is 1. The van der Waals surface area contributed by atoms with E-state index < -0.39 is 0 Å². The number of anilines is 1. The summed E-state index contributed by atoms with van der Waals surface area (Å²) in [6, 6.07) is 16.5. The van der Waals surface area contributed by atoms with Crippen molar-refractivity contribution in [3.63, 3.8) is 0 Å². The fraction of sp³-hybridized carbons (Fsp3) is 0.375. The molecule has 1 saturated heterocycles. The molecule has 0 spiro atoms. The molecule has 154 valence electrons. The Morgan fingerprint density at radius 3 is 2.40 bits per heavy atom. The summed E-state index contributed by atoms with van der Waals surface area (Å²) in [6.07, 6.45) is 5.90. The van der Waals surface area contributed by atoms with Crippen molar-refractivity contribution in [2.75, 3.05) is 31.1 Å². The van der Waals surface area contributed by atoms with Gasteiger partial charge in [-0.3, -0.25) is 4.79 Å². The maximum absolute atomic E-state index is 13.6. The van der Waals surface area contributed by atoms with Crippen LogP contribution in [0.4, 0.5) is 5.82 Å². The first-order chi connectivity index (χ1) is 14.8. The number of carbonyl (C=O) groups excluding carboxylic acids is 1. The molecular weight excluding hydrogens is 392 g/mol. The highest BCUT2D eigenvalue weighted by atomic mass is 32.1. The van der Waals surface area contributed by atoms with Crippen molar-refractivity contribution in [3.8, 4) is 11.3 Å². The van der Waals surface area contributed by atoms with Gasteiger partial charge in [0.1, 0.15) is 12.1 Å². The van der Waals surface area contributed by atoms with Crippen molar-refractivity contribution in [3.05, 3.63) is 65.1 Å². The average Bonchev–Trinajstić information content (AvgIpc) is 3.52. The number of rotatable bonds is 4. The smallest absolute Gasteiger partial charge is 0.234 e. The maximum atomic E-state index is 13.6. The summed E-state index contributed by atoms with van der Waals surface area (Å²) in [5, 5.41) is 2.10. The van der Waals surface area contributed by atoms with Crippen molar-refractivity contribution in [1.82, 2.24) is 14.9 Å². The van der Waals surface area contributed by atoms with E-state index in [0.717, 1.165) is 68.9 Å². The van der Waals surface area contributed by atoms with Crippen LogP contribution < -0.4 is 4.90 Å². The van der Waals surface area contributed by atoms with Crippen molar-refractivity contribution in [1.29, 1.82) is 0 Å². The van der Waals surface area contributed by atoms with E-state index in [4.69, 9.17) is 0 Å². The van der Waals surface area contributed by atoms with E-state index in [0.29, 0.717) is 5.91 Å². The predicted molar refractivity (Wildman–Crippen MR) is 121 cm³/mol. The molecule has 2 aromatic heterocycles. The van der Waals surface area contributed by atoms with Crippen LogP contribution in [0.2, 0.25) is 0 Å². The van der Waals surface area contributed by atoms with Gasteiger partial charge in [-0.15, -0.1) is 11.3 Å². The highest BCUT2D eigenvalue weighted by Gasteiger charge is 2.46. The minimum absolute atomic E-state index is 0.286. The molecule has 0 unspecified atom stereocenters. The minimum atomic E-state index is -0.286. The van der Waals surface area contributed by atoms with Gasteiger partial charge in [-0.2, -0.15) is 0 Å². The van der Waals surface area contributed by atoms with E-state index >= 15 is 0 Å². The molecular formula is C24H26N4OS. The lowest BCUT2D eigenvalue weighted by Crippen LogP contribution is -2.54. The third kappa shape index (κ3) is 3.49. The lowest BCUT2D eigenvalue weighted by molar-refractivity contribution is -0.137. The molecule has 0 radical (unpaired) electrons. The lowest BCUT2D eigenvalue weighted by atomic mass is 9.82. The van der Waals surface area contributed by atoms with Crippen LogP contribution in [-0.4, -0.2) is 47.0 Å². The number of hydrogen-bond donors (Lipinski definition) is 0. The standard InChI is InChI=1S/C24H26N4OS/c29-23(24(10-4-5-11-24)21-9-6-16-30-21)28-14-12-27(13-15-28)22-17-20(25-18-26-22)19-7-2-1-3-8-19/h1-3,6-9,16-18H,4-5,10-15H2. The zero-order valence-corrected chi connectivity index (χ0v) is 17.9. The Kier molecular flexibility index (Phi) is 5.25. The van der Waals surface area contributed by atoms with Gasteiger partial charge in [0.25, 0.3) is 0 Å². The van der Waals surface area contributed by atoms with Crippen molar-refractivity contribution < 1.29 is 4.79 Å². The van der Waals surface area contributed by atoms with Crippen LogP contribution in [0.15, 0.2) is 60.2 Å². The molecule has 0 bridgehead atoms. The predicted octanol–water partition coefficient (Wildman–Crippen LogP) is 4.37. The van der Waals surface area contributed by atoms with Gasteiger partial charge < -0.3 is 9.80 Å². The molecule has 2 fully saturated rings. The molecule has 0 atom stereocenters. The highest BCUT2D eigenvalue weighted by molar-refractivity contribution is 7.10. The summed E-state index contributed by atoms with van der Waals surface area (Å²) in [7, 11) is 0. The molecule has 1 aromatic carbocycles. The van der Waals surface area contributed by atoms with Gasteiger partial charge in [0.2, 0.25) is 5.91 Å². The molecule has 3 heterocycles. The third-order valence-electron chi connectivity index (χ3n) is 6.47. The van der Waals surface area contributed by atoms with Gasteiger partial charge in [0, 0.05) is 42.7 Å². The number of aromatic nitrogens is 2. The quantitative estimate of drug-likeness (QED) is 0.631. The van der Waals surface area contributed by atoms with E-state index in [1.807, 2.05) is 18.2 Å². The monoisotopic (exact) mass is 418 g/mol. The van der Waals surface area contributed by atoms with Crippen LogP contribution in [0.5, 0.6) is 0 Å². The maximum Gasteiger partial charge on any atom is 0.234 e. The van der Waals surface area contributed by atoms with Gasteiger partial charge in [-0.1, -0.05) is 49.2 Å². The number of nitrogens with zero attached hydrogens (tertiary/aromatic N) is 4. The highest BCUT2D eigenvalue weighted by Crippen LogP contribution is 2.44. The zero-order valence-electron chi connectivity index (χ0n) is 17.0. The van der Waals surface area contributed by atoms with E-state index in [2.05, 4.69) is 55.5 Å². The van der Waals surface area contributed by atoms with Crippen LogP contribution in [0.25, 0.3) is 11.3 Å². The second-order valence-electron chi connectivity index (χ2n) is 8.17. The third-order valence-corrected chi connectivity index (χ3v) is 7.55. The van der Waals surface area contributed by atoms with E-state index in [-0.39, 0.29) is 5.41 Å². The Balaban J connectivity index is 1.29. The summed E-state index contributed by atoms with van der Waals surface area (Å²) >= 11 is 1.73. The SMILES string of the molecule is O=C(N1CCN(c2cc(-c3ccccc3)ncn2)CC1)C1(c2cccs2)CCCC1. The van der Waals surface area contributed by atoms with Crippen molar-refractivity contribution in [2.24, 2.45) is 0 Å². The zero-order chi connectivity index (χ0) is 20.4. The Hall–Kier alpha value is -2.73. The Bertz CT molecular complexity index is 991. The molecule has 1 amide bonds. The summed E-state index contributed by atoms with van der Waals surface area (Å²) in [6.45, 7) is 3.10. The molecule has 6 heteroatoms. The average molecular weight is 419 g/mol. The molecule has 2 aliphatic rings. The van der Waals surface area contributed by atoms with Gasteiger partial charge in [-0.25, -0.2) is 9.97 Å². The Labute approximate surface area is 181 Å². The van der Waals surface area contributed by atoms with E-state index in [1.165, 1.54) is 4.88 Å². The topological polar surface area (TPSA) is 49.3 Å². The first-order valence-electron chi connectivity index (χ1n) is 10.7. The van der Waals surface area contributed by atoms with Crippen LogP contribution in [-0.2, 0) is 10.2 Å². The van der Waals surface area contributed by atoms with Crippen LogP contribution in [0, 0.1) is 0 Å². The van der Waals surface area contributed by atoms with Crippen molar-refractivity contribution >= 4 is 23.1 Å². The van der Waals surface area contributed by atoms with Crippen LogP contribution in [0.3, 0.4) is 0 Å². The molecule has 0 N–H and O–H groups in total. The fourth-order valence-electron chi connectivity index (χ4n) is 4.82. The summed E-state index contributed by atoms with van der Waals surface area (Å²) in [4.78, 5) is 28.1. The van der Waals surface area contributed by atoms with Gasteiger partial charge in [0.05, 0.1) is 11.1 Å². The summed E-state index contributed by atoms with van der Waals surface area (Å²) in [5.41, 5.74) is 1.74. The number of thiophene rings is 1. The van der Waals surface area contributed by atoms with E-state index in [9.17, 15) is 4.79 Å².